The number of β-lactam (4-membered cyclic amide) rings is 1. The van der Waals surface area contributed by atoms with Gasteiger partial charge >= 0.3 is 34.9 Å². The third-order valence-electron chi connectivity index (χ3n) is 7.97. The maximum absolute atomic E-state index is 13.9. The molecule has 3 atom stereocenters. The van der Waals surface area contributed by atoms with E-state index in [1.54, 1.807) is 25.1 Å². The summed E-state index contributed by atoms with van der Waals surface area (Å²) in [5, 5.41) is 22.2. The molecule has 7 amide bonds. The number of likely N-dealkylation sites (N-methyl/N-ethyl adjacent to an activating group) is 1. The van der Waals surface area contributed by atoms with Crippen molar-refractivity contribution in [2.75, 3.05) is 31.1 Å². The lowest BCUT2D eigenvalue weighted by Gasteiger charge is -2.56. The number of aromatic nitrogens is 3. The Kier molecular flexibility index (Phi) is 9.94. The Balaban J connectivity index is 1.40. The zero-order valence-electron chi connectivity index (χ0n) is 25.8. The van der Waals surface area contributed by atoms with Gasteiger partial charge in [0.15, 0.2) is 5.16 Å². The summed E-state index contributed by atoms with van der Waals surface area (Å²) < 4.78 is 0.993. The van der Waals surface area contributed by atoms with Gasteiger partial charge in [0, 0.05) is 38.2 Å². The molecule has 5 rings (SSSR count). The van der Waals surface area contributed by atoms with Crippen LogP contribution in [0, 0.1) is 0 Å². The summed E-state index contributed by atoms with van der Waals surface area (Å²) in [6.07, 6.45) is 0.168. The molecular formula is C28H29N9O10S2. The second-order valence-corrected chi connectivity index (χ2v) is 12.8. The average molecular weight is 716 g/mol. The number of thioether (sulfide) groups is 2. The average Bonchev–Trinajstić information content (AvgIpc) is 3.09. The Hall–Kier alpha value is -5.44. The molecular weight excluding hydrogens is 686 g/mol. The molecule has 1 aromatic heterocycles. The van der Waals surface area contributed by atoms with E-state index in [-0.39, 0.29) is 53.8 Å². The van der Waals surface area contributed by atoms with Crippen LogP contribution in [0.1, 0.15) is 18.5 Å². The first-order valence-corrected chi connectivity index (χ1v) is 16.6. The molecule has 0 bridgehead atoms. The van der Waals surface area contributed by atoms with Crippen LogP contribution >= 0.6 is 23.5 Å². The lowest BCUT2D eigenvalue weighted by atomic mass is 9.94. The third-order valence-corrected chi connectivity index (χ3v) is 10.5. The number of rotatable bonds is 11. The van der Waals surface area contributed by atoms with Gasteiger partial charge in [0.05, 0.1) is 0 Å². The van der Waals surface area contributed by atoms with Gasteiger partial charge in [0.25, 0.3) is 5.91 Å². The minimum atomic E-state index is -2.14. The summed E-state index contributed by atoms with van der Waals surface area (Å²) in [5.74, 6) is -5.45. The molecule has 0 radical (unpaired) electrons. The van der Waals surface area contributed by atoms with Gasteiger partial charge in [0.1, 0.15) is 17.1 Å². The lowest BCUT2D eigenvalue weighted by Crippen LogP contribution is -2.85. The van der Waals surface area contributed by atoms with Crippen molar-refractivity contribution in [3.63, 3.8) is 0 Å². The van der Waals surface area contributed by atoms with E-state index in [0.717, 1.165) is 33.0 Å². The minimum Gasteiger partial charge on any atom is -0.477 e. The molecule has 258 valence electrons. The summed E-state index contributed by atoms with van der Waals surface area (Å²) in [6, 6.07) is 5.23. The van der Waals surface area contributed by atoms with E-state index in [1.165, 1.54) is 24.1 Å². The molecule has 21 heteroatoms. The predicted molar refractivity (Wildman–Crippen MR) is 170 cm³/mol. The molecule has 0 aliphatic carbocycles. The van der Waals surface area contributed by atoms with Crippen LogP contribution in [0.25, 0.3) is 0 Å². The number of carbonyl (C=O) groups is 7. The second-order valence-electron chi connectivity index (χ2n) is 10.8. The molecule has 1 aromatic carbocycles. The van der Waals surface area contributed by atoms with Crippen LogP contribution in [0.15, 0.2) is 56.3 Å². The molecule has 4 heterocycles. The van der Waals surface area contributed by atoms with Crippen LogP contribution in [0.3, 0.4) is 0 Å². The van der Waals surface area contributed by atoms with E-state index in [4.69, 9.17) is 0 Å². The SMILES string of the molecule is CCN1CCN(C(=O)NC(C(=O)N[C@]2(NC=O)C(=O)N3C(C(=O)O)=C(CSc4n[nH]c(=O)c(=O)n4C)CS[C@H]32)c2ccccc2)C(=O)C1=O. The number of imide groups is 1. The summed E-state index contributed by atoms with van der Waals surface area (Å²) in [7, 11) is 1.32. The number of benzene rings is 1. The number of nitrogens with one attached hydrogen (secondary N) is 4. The van der Waals surface area contributed by atoms with Crippen LogP contribution in [0.5, 0.6) is 0 Å². The number of fused-ring (bicyclic) bond motifs is 1. The van der Waals surface area contributed by atoms with E-state index in [1.807, 2.05) is 0 Å². The van der Waals surface area contributed by atoms with E-state index in [9.17, 15) is 48.3 Å². The maximum Gasteiger partial charge on any atom is 0.352 e. The highest BCUT2D eigenvalue weighted by atomic mass is 32.2. The summed E-state index contributed by atoms with van der Waals surface area (Å²) in [5.41, 5.74) is -3.86. The Morgan fingerprint density at radius 3 is 2.51 bits per heavy atom. The third kappa shape index (κ3) is 6.28. The topological polar surface area (TPSA) is 253 Å². The number of carbonyl (C=O) groups excluding carboxylic acids is 6. The summed E-state index contributed by atoms with van der Waals surface area (Å²) in [4.78, 5) is 117. The van der Waals surface area contributed by atoms with Crippen molar-refractivity contribution in [1.29, 1.82) is 0 Å². The number of aromatic amines is 1. The molecule has 5 N–H and O–H groups in total. The van der Waals surface area contributed by atoms with Gasteiger partial charge in [-0.15, -0.1) is 16.9 Å². The highest BCUT2D eigenvalue weighted by Gasteiger charge is 2.66. The van der Waals surface area contributed by atoms with Crippen molar-refractivity contribution in [3.8, 4) is 0 Å². The van der Waals surface area contributed by atoms with Crippen molar-refractivity contribution in [2.24, 2.45) is 7.05 Å². The van der Waals surface area contributed by atoms with Crippen molar-refractivity contribution in [2.45, 2.75) is 29.2 Å². The van der Waals surface area contributed by atoms with Crippen molar-refractivity contribution < 1.29 is 38.7 Å². The molecule has 2 fully saturated rings. The minimum absolute atomic E-state index is 0.0112. The van der Waals surface area contributed by atoms with Gasteiger partial charge in [-0.05, 0) is 18.1 Å². The maximum atomic E-state index is 13.9. The number of carboxylic acid groups (broad SMARTS) is 1. The second kappa shape index (κ2) is 14.0. The number of nitrogens with zero attached hydrogens (tertiary/aromatic N) is 5. The Morgan fingerprint density at radius 2 is 1.86 bits per heavy atom. The van der Waals surface area contributed by atoms with E-state index in [2.05, 4.69) is 26.1 Å². The molecule has 0 spiro atoms. The van der Waals surface area contributed by atoms with Crippen LogP contribution in [-0.2, 0) is 35.8 Å². The van der Waals surface area contributed by atoms with Gasteiger partial charge in [-0.1, -0.05) is 42.1 Å². The van der Waals surface area contributed by atoms with Crippen LogP contribution in [0.2, 0.25) is 0 Å². The van der Waals surface area contributed by atoms with E-state index < -0.39 is 69.5 Å². The number of hydrogen-bond donors (Lipinski definition) is 5. The number of carboxylic acids is 1. The molecule has 1 unspecified atom stereocenters. The Bertz CT molecular complexity index is 1900. The molecule has 3 aliphatic rings. The normalized spacial score (nSPS) is 21.1. The first kappa shape index (κ1) is 34.9. The Morgan fingerprint density at radius 1 is 1.14 bits per heavy atom. The molecule has 2 saturated heterocycles. The zero-order chi connectivity index (χ0) is 35.6. The fourth-order valence-electron chi connectivity index (χ4n) is 5.43. The fourth-order valence-corrected chi connectivity index (χ4v) is 7.92. The van der Waals surface area contributed by atoms with E-state index >= 15 is 0 Å². The molecule has 19 nitrogen and oxygen atoms in total. The largest absolute Gasteiger partial charge is 0.477 e. The van der Waals surface area contributed by atoms with Gasteiger partial charge in [-0.2, -0.15) is 0 Å². The first-order chi connectivity index (χ1) is 23.4. The predicted octanol–water partition coefficient (Wildman–Crippen LogP) is -2.49. The molecule has 49 heavy (non-hydrogen) atoms. The number of piperazine rings is 1. The molecule has 2 aromatic rings. The smallest absolute Gasteiger partial charge is 0.352 e. The highest BCUT2D eigenvalue weighted by Crippen LogP contribution is 2.46. The number of hydrogen-bond acceptors (Lipinski definition) is 12. The highest BCUT2D eigenvalue weighted by molar-refractivity contribution is 8.01. The van der Waals surface area contributed by atoms with Crippen molar-refractivity contribution in [3.05, 3.63) is 67.9 Å². The lowest BCUT2D eigenvalue weighted by molar-refractivity contribution is -0.163. The van der Waals surface area contributed by atoms with Gasteiger partial charge in [-0.25, -0.2) is 14.7 Å². The number of aliphatic carboxylic acids is 1. The van der Waals surface area contributed by atoms with Crippen molar-refractivity contribution >= 4 is 65.6 Å². The van der Waals surface area contributed by atoms with E-state index in [0.29, 0.717) is 4.90 Å². The van der Waals surface area contributed by atoms with Gasteiger partial charge in [0.2, 0.25) is 18.0 Å². The quantitative estimate of drug-likeness (QED) is 0.0532. The van der Waals surface area contributed by atoms with Crippen LogP contribution < -0.4 is 27.1 Å². The summed E-state index contributed by atoms with van der Waals surface area (Å²) in [6.45, 7) is 1.90. The monoisotopic (exact) mass is 715 g/mol. The molecule has 3 aliphatic heterocycles. The van der Waals surface area contributed by atoms with Gasteiger partial charge < -0.3 is 26.0 Å². The Labute approximate surface area is 284 Å². The summed E-state index contributed by atoms with van der Waals surface area (Å²) >= 11 is 1.98. The number of H-pyrrole nitrogens is 1. The van der Waals surface area contributed by atoms with Crippen LogP contribution in [-0.4, -0.2) is 119 Å². The number of amides is 7. The van der Waals surface area contributed by atoms with Crippen LogP contribution in [0.4, 0.5) is 4.79 Å². The zero-order valence-corrected chi connectivity index (χ0v) is 27.5. The van der Waals surface area contributed by atoms with Crippen molar-refractivity contribution in [1.82, 2.24) is 45.4 Å². The number of urea groups is 1. The van der Waals surface area contributed by atoms with Gasteiger partial charge in [-0.3, -0.25) is 47.9 Å². The molecule has 0 saturated carbocycles. The fraction of sp³-hybridized carbons (Fsp3) is 0.357. The first-order valence-electron chi connectivity index (χ1n) is 14.5. The standard InChI is InChI=1S/C28H29N9O10S2/c1-3-35-9-10-36(22(43)21(35)42)26(47)30-16(14-7-5-4-6-8-14)18(39)31-28(29-13-38)24(46)37-17(23(44)45)15(11-48-25(28)37)12-49-27-33-32-19(40)20(41)34(27)2/h4-8,13,16,25H,3,9-12H2,1-2H3,(H,29,38)(H,30,47)(H,31,39)(H,32,40)(H,44,45)/t16?,25-,28+/m0/s1.